The maximum atomic E-state index is 9.59. The molecule has 1 aliphatic carbocycles. The van der Waals surface area contributed by atoms with Crippen LogP contribution in [0.3, 0.4) is 0 Å². The van der Waals surface area contributed by atoms with Crippen LogP contribution in [0.2, 0.25) is 0 Å². The van der Waals surface area contributed by atoms with Gasteiger partial charge in [0.2, 0.25) is 0 Å². The lowest BCUT2D eigenvalue weighted by molar-refractivity contribution is 0.0591. The number of hydrogen-bond acceptors (Lipinski definition) is 1. The summed E-state index contributed by atoms with van der Waals surface area (Å²) in [5.41, 5.74) is -0.851. The summed E-state index contributed by atoms with van der Waals surface area (Å²) in [6.07, 6.45) is 9.82. The smallest absolute Gasteiger partial charge is 0.125 e. The number of terminal acetylenes is 1. The first-order chi connectivity index (χ1) is 4.67. The molecule has 0 radical (unpaired) electrons. The van der Waals surface area contributed by atoms with Crippen LogP contribution in [0.4, 0.5) is 0 Å². The molecule has 0 amide bonds. The van der Waals surface area contributed by atoms with Crippen LogP contribution < -0.4 is 0 Å². The summed E-state index contributed by atoms with van der Waals surface area (Å²) in [5, 5.41) is 9.59. The van der Waals surface area contributed by atoms with E-state index in [0.717, 1.165) is 12.8 Å². The Kier molecular flexibility index (Phi) is 2.01. The van der Waals surface area contributed by atoms with Gasteiger partial charge < -0.3 is 5.11 Å². The lowest BCUT2D eigenvalue weighted by Gasteiger charge is -2.23. The molecule has 0 aromatic rings. The van der Waals surface area contributed by atoms with Gasteiger partial charge in [-0.15, -0.1) is 6.42 Å². The van der Waals surface area contributed by atoms with Crippen molar-refractivity contribution in [1.82, 2.24) is 0 Å². The molecule has 1 nitrogen and oxygen atoms in total. The fraction of sp³-hybridized carbons (Fsp3) is 0.778. The average molecular weight is 138 g/mol. The van der Waals surface area contributed by atoms with Crippen molar-refractivity contribution in [3.8, 4) is 12.3 Å². The summed E-state index contributed by atoms with van der Waals surface area (Å²) in [4.78, 5) is 0. The molecular weight excluding hydrogens is 124 g/mol. The zero-order valence-corrected chi connectivity index (χ0v) is 6.43. The van der Waals surface area contributed by atoms with Gasteiger partial charge in [-0.2, -0.15) is 0 Å². The molecule has 0 spiro atoms. The van der Waals surface area contributed by atoms with E-state index < -0.39 is 5.60 Å². The van der Waals surface area contributed by atoms with Crippen LogP contribution >= 0.6 is 0 Å². The Balaban J connectivity index is 2.56. The molecular formula is C9H14O. The van der Waals surface area contributed by atoms with E-state index in [4.69, 9.17) is 6.42 Å². The minimum absolute atomic E-state index is 0.345. The molecule has 0 aromatic carbocycles. The van der Waals surface area contributed by atoms with E-state index in [9.17, 15) is 5.11 Å². The van der Waals surface area contributed by atoms with E-state index in [2.05, 4.69) is 5.92 Å². The quantitative estimate of drug-likeness (QED) is 0.545. The van der Waals surface area contributed by atoms with Crippen LogP contribution in [0, 0.1) is 18.3 Å². The molecule has 10 heavy (non-hydrogen) atoms. The first-order valence-electron chi connectivity index (χ1n) is 3.87. The minimum atomic E-state index is -0.851. The zero-order valence-electron chi connectivity index (χ0n) is 6.43. The van der Waals surface area contributed by atoms with Crippen molar-refractivity contribution in [1.29, 1.82) is 0 Å². The van der Waals surface area contributed by atoms with E-state index in [1.807, 2.05) is 0 Å². The van der Waals surface area contributed by atoms with Gasteiger partial charge in [0.1, 0.15) is 5.60 Å². The van der Waals surface area contributed by atoms with E-state index in [1.165, 1.54) is 12.8 Å². The third-order valence-corrected chi connectivity index (χ3v) is 2.44. The first kappa shape index (κ1) is 7.63. The lowest BCUT2D eigenvalue weighted by Crippen LogP contribution is -2.30. The molecule has 1 rings (SSSR count). The van der Waals surface area contributed by atoms with Gasteiger partial charge in [0.15, 0.2) is 0 Å². The molecule has 1 saturated carbocycles. The van der Waals surface area contributed by atoms with Gasteiger partial charge in [-0.1, -0.05) is 18.8 Å². The molecule has 0 aromatic heterocycles. The van der Waals surface area contributed by atoms with Crippen LogP contribution in [-0.2, 0) is 0 Å². The molecule has 56 valence electrons. The minimum Gasteiger partial charge on any atom is -0.378 e. The maximum Gasteiger partial charge on any atom is 0.125 e. The van der Waals surface area contributed by atoms with Gasteiger partial charge in [-0.25, -0.2) is 0 Å². The van der Waals surface area contributed by atoms with Crippen molar-refractivity contribution in [3.05, 3.63) is 0 Å². The van der Waals surface area contributed by atoms with E-state index in [1.54, 1.807) is 6.92 Å². The molecule has 1 heteroatoms. The Bertz CT molecular complexity index is 147. The molecule has 0 aliphatic heterocycles. The highest BCUT2D eigenvalue weighted by Gasteiger charge is 2.31. The summed E-state index contributed by atoms with van der Waals surface area (Å²) in [7, 11) is 0. The predicted molar refractivity (Wildman–Crippen MR) is 41.4 cm³/mol. The van der Waals surface area contributed by atoms with Crippen molar-refractivity contribution >= 4 is 0 Å². The molecule has 0 bridgehead atoms. The average Bonchev–Trinajstić information content (AvgIpc) is 2.38. The topological polar surface area (TPSA) is 20.2 Å². The summed E-state index contributed by atoms with van der Waals surface area (Å²) in [6, 6.07) is 0. The summed E-state index contributed by atoms with van der Waals surface area (Å²) < 4.78 is 0. The largest absolute Gasteiger partial charge is 0.378 e. The van der Waals surface area contributed by atoms with Crippen LogP contribution in [0.15, 0.2) is 0 Å². The molecule has 1 aliphatic rings. The molecule has 1 atom stereocenters. The third-order valence-electron chi connectivity index (χ3n) is 2.44. The second kappa shape index (κ2) is 2.64. The maximum absolute atomic E-state index is 9.59. The normalized spacial score (nSPS) is 25.7. The van der Waals surface area contributed by atoms with Crippen molar-refractivity contribution in [2.45, 2.75) is 38.2 Å². The predicted octanol–water partition coefficient (Wildman–Crippen LogP) is 1.56. The fourth-order valence-corrected chi connectivity index (χ4v) is 1.61. The Labute approximate surface area is 62.4 Å². The number of rotatable bonds is 1. The molecule has 1 unspecified atom stereocenters. The second-order valence-electron chi connectivity index (χ2n) is 3.27. The standard InChI is InChI=1S/C9H14O/c1-3-9(2,10)8-6-4-5-7-8/h1,8,10H,4-7H2,2H3. The lowest BCUT2D eigenvalue weighted by atomic mass is 9.89. The molecule has 0 saturated heterocycles. The van der Waals surface area contributed by atoms with Crippen molar-refractivity contribution in [2.75, 3.05) is 0 Å². The highest BCUT2D eigenvalue weighted by Crippen LogP contribution is 2.33. The summed E-state index contributed by atoms with van der Waals surface area (Å²) >= 11 is 0. The molecule has 0 heterocycles. The van der Waals surface area contributed by atoms with Crippen LogP contribution in [0.1, 0.15) is 32.6 Å². The van der Waals surface area contributed by atoms with Gasteiger partial charge in [0, 0.05) is 0 Å². The highest BCUT2D eigenvalue weighted by atomic mass is 16.3. The SMILES string of the molecule is C#CC(C)(O)C1CCCC1. The molecule has 1 N–H and O–H groups in total. The van der Waals surface area contributed by atoms with Crippen molar-refractivity contribution in [3.63, 3.8) is 0 Å². The van der Waals surface area contributed by atoms with E-state index in [0.29, 0.717) is 5.92 Å². The molecule has 1 fully saturated rings. The van der Waals surface area contributed by atoms with Gasteiger partial charge >= 0.3 is 0 Å². The highest BCUT2D eigenvalue weighted by molar-refractivity contribution is 5.08. The van der Waals surface area contributed by atoms with Crippen LogP contribution in [-0.4, -0.2) is 10.7 Å². The Hall–Kier alpha value is -0.480. The van der Waals surface area contributed by atoms with Gasteiger partial charge in [0.05, 0.1) is 0 Å². The van der Waals surface area contributed by atoms with E-state index in [-0.39, 0.29) is 0 Å². The Morgan fingerprint density at radius 1 is 1.50 bits per heavy atom. The van der Waals surface area contributed by atoms with Gasteiger partial charge in [-0.3, -0.25) is 0 Å². The van der Waals surface area contributed by atoms with Crippen molar-refractivity contribution in [2.24, 2.45) is 5.92 Å². The van der Waals surface area contributed by atoms with Gasteiger partial charge in [-0.05, 0) is 25.7 Å². The van der Waals surface area contributed by atoms with Crippen LogP contribution in [0.25, 0.3) is 0 Å². The third kappa shape index (κ3) is 1.33. The Morgan fingerprint density at radius 3 is 2.40 bits per heavy atom. The Morgan fingerprint density at radius 2 is 2.00 bits per heavy atom. The summed E-state index contributed by atoms with van der Waals surface area (Å²) in [6.45, 7) is 1.74. The fourth-order valence-electron chi connectivity index (χ4n) is 1.61. The van der Waals surface area contributed by atoms with E-state index >= 15 is 0 Å². The first-order valence-corrected chi connectivity index (χ1v) is 3.87. The zero-order chi connectivity index (χ0) is 7.61. The summed E-state index contributed by atoms with van der Waals surface area (Å²) in [5.74, 6) is 2.78. The second-order valence-corrected chi connectivity index (χ2v) is 3.27. The van der Waals surface area contributed by atoms with Gasteiger partial charge in [0.25, 0.3) is 0 Å². The van der Waals surface area contributed by atoms with Crippen LogP contribution in [0.5, 0.6) is 0 Å². The van der Waals surface area contributed by atoms with Crippen molar-refractivity contribution < 1.29 is 5.11 Å². The number of aliphatic hydroxyl groups is 1. The number of hydrogen-bond donors (Lipinski definition) is 1. The monoisotopic (exact) mass is 138 g/mol.